The van der Waals surface area contributed by atoms with Crippen LogP contribution in [0.5, 0.6) is 11.5 Å². The SMILES string of the molecule is Cc1noc2nc(C(C)C)cc(C(=O)NCc3cc(Cl)c4c(c3)OCCO4)c12. The average molecular weight is 402 g/mol. The smallest absolute Gasteiger partial charge is 0.259 e. The Bertz CT molecular complexity index is 1060. The maximum absolute atomic E-state index is 12.9. The summed E-state index contributed by atoms with van der Waals surface area (Å²) in [5.74, 6) is 1.05. The van der Waals surface area contributed by atoms with Crippen LogP contribution in [-0.2, 0) is 6.54 Å². The van der Waals surface area contributed by atoms with Gasteiger partial charge in [0, 0.05) is 12.2 Å². The molecule has 1 aromatic carbocycles. The Balaban J connectivity index is 1.61. The van der Waals surface area contributed by atoms with Gasteiger partial charge in [-0.15, -0.1) is 0 Å². The van der Waals surface area contributed by atoms with E-state index in [4.69, 9.17) is 25.6 Å². The van der Waals surface area contributed by atoms with Gasteiger partial charge in [0.05, 0.1) is 21.7 Å². The van der Waals surface area contributed by atoms with Crippen LogP contribution in [0.25, 0.3) is 11.1 Å². The van der Waals surface area contributed by atoms with Crippen LogP contribution < -0.4 is 14.8 Å². The molecule has 4 rings (SSSR count). The topological polar surface area (TPSA) is 86.5 Å². The number of hydrogen-bond acceptors (Lipinski definition) is 6. The molecular weight excluding hydrogens is 382 g/mol. The lowest BCUT2D eigenvalue weighted by atomic mass is 10.0. The number of nitrogens with one attached hydrogen (secondary N) is 1. The number of fused-ring (bicyclic) bond motifs is 2. The van der Waals surface area contributed by atoms with Crippen molar-refractivity contribution in [2.45, 2.75) is 33.2 Å². The number of ether oxygens (including phenoxy) is 2. The largest absolute Gasteiger partial charge is 0.486 e. The van der Waals surface area contributed by atoms with Crippen LogP contribution in [0.3, 0.4) is 0 Å². The first kappa shape index (κ1) is 18.6. The molecule has 3 aromatic rings. The number of carbonyl (C=O) groups is 1. The predicted octanol–water partition coefficient (Wildman–Crippen LogP) is 4.01. The number of benzene rings is 1. The molecule has 0 atom stereocenters. The number of amides is 1. The molecule has 0 radical (unpaired) electrons. The van der Waals surface area contributed by atoms with Gasteiger partial charge in [0.2, 0.25) is 0 Å². The molecular formula is C20H20ClN3O4. The number of pyridine rings is 1. The molecule has 0 unspecified atom stereocenters. The Morgan fingerprint density at radius 2 is 2.04 bits per heavy atom. The monoisotopic (exact) mass is 401 g/mol. The molecule has 0 saturated heterocycles. The first-order valence-corrected chi connectivity index (χ1v) is 9.45. The first-order chi connectivity index (χ1) is 13.4. The minimum Gasteiger partial charge on any atom is -0.486 e. The van der Waals surface area contributed by atoms with Crippen molar-refractivity contribution in [1.29, 1.82) is 0 Å². The summed E-state index contributed by atoms with van der Waals surface area (Å²) in [6.45, 7) is 7.04. The van der Waals surface area contributed by atoms with Gasteiger partial charge in [0.15, 0.2) is 11.5 Å². The van der Waals surface area contributed by atoms with E-state index < -0.39 is 0 Å². The maximum Gasteiger partial charge on any atom is 0.259 e. The lowest BCUT2D eigenvalue weighted by Crippen LogP contribution is -2.24. The van der Waals surface area contributed by atoms with E-state index in [0.29, 0.717) is 58.6 Å². The number of rotatable bonds is 4. The van der Waals surface area contributed by atoms with E-state index in [-0.39, 0.29) is 11.8 Å². The van der Waals surface area contributed by atoms with Crippen molar-refractivity contribution in [3.05, 3.63) is 45.7 Å². The first-order valence-electron chi connectivity index (χ1n) is 9.07. The summed E-state index contributed by atoms with van der Waals surface area (Å²) in [5, 5.41) is 7.98. The van der Waals surface area contributed by atoms with E-state index in [1.165, 1.54) is 0 Å². The van der Waals surface area contributed by atoms with Crippen LogP contribution in [0.2, 0.25) is 5.02 Å². The normalized spacial score (nSPS) is 13.2. The summed E-state index contributed by atoms with van der Waals surface area (Å²) < 4.78 is 16.4. The Labute approximate surface area is 167 Å². The fraction of sp³-hybridized carbons (Fsp3) is 0.350. The highest BCUT2D eigenvalue weighted by Crippen LogP contribution is 2.38. The third-order valence-electron chi connectivity index (χ3n) is 4.58. The average Bonchev–Trinajstić information content (AvgIpc) is 3.06. The summed E-state index contributed by atoms with van der Waals surface area (Å²) in [4.78, 5) is 17.4. The Kier molecular flexibility index (Phi) is 4.85. The number of aryl methyl sites for hydroxylation is 1. The quantitative estimate of drug-likeness (QED) is 0.710. The number of aromatic nitrogens is 2. The van der Waals surface area contributed by atoms with E-state index >= 15 is 0 Å². The van der Waals surface area contributed by atoms with Crippen LogP contribution in [-0.4, -0.2) is 29.3 Å². The van der Waals surface area contributed by atoms with Crippen molar-refractivity contribution in [3.63, 3.8) is 0 Å². The predicted molar refractivity (Wildman–Crippen MR) is 104 cm³/mol. The summed E-state index contributed by atoms with van der Waals surface area (Å²) in [6, 6.07) is 5.39. The molecule has 7 nitrogen and oxygen atoms in total. The molecule has 0 fully saturated rings. The summed E-state index contributed by atoms with van der Waals surface area (Å²) in [7, 11) is 0. The number of halogens is 1. The number of hydrogen-bond donors (Lipinski definition) is 1. The number of nitrogens with zero attached hydrogens (tertiary/aromatic N) is 2. The van der Waals surface area contributed by atoms with Crippen molar-refractivity contribution in [2.24, 2.45) is 0 Å². The summed E-state index contributed by atoms with van der Waals surface area (Å²) in [6.07, 6.45) is 0. The van der Waals surface area contributed by atoms with Crippen molar-refractivity contribution in [1.82, 2.24) is 15.5 Å². The fourth-order valence-corrected chi connectivity index (χ4v) is 3.42. The summed E-state index contributed by atoms with van der Waals surface area (Å²) >= 11 is 6.27. The van der Waals surface area contributed by atoms with Crippen LogP contribution in [0.4, 0.5) is 0 Å². The van der Waals surface area contributed by atoms with Crippen LogP contribution >= 0.6 is 11.6 Å². The molecule has 0 spiro atoms. The van der Waals surface area contributed by atoms with E-state index in [0.717, 1.165) is 11.3 Å². The molecule has 2 aromatic heterocycles. The summed E-state index contributed by atoms with van der Waals surface area (Å²) in [5.41, 5.74) is 3.09. The Hall–Kier alpha value is -2.80. The standard InChI is InChI=1S/C20H20ClN3O4/c1-10(2)15-8-13(17-11(3)24-28-20(17)23-15)19(25)22-9-12-6-14(21)18-16(7-12)26-4-5-27-18/h6-8,10H,4-5,9H2,1-3H3,(H,22,25). The number of carbonyl (C=O) groups excluding carboxylic acids is 1. The van der Waals surface area contributed by atoms with Crippen molar-refractivity contribution >= 4 is 28.6 Å². The lowest BCUT2D eigenvalue weighted by Gasteiger charge is -2.20. The van der Waals surface area contributed by atoms with Crippen LogP contribution in [0.1, 0.15) is 47.1 Å². The third kappa shape index (κ3) is 3.38. The molecule has 8 heteroatoms. The van der Waals surface area contributed by atoms with Gasteiger partial charge in [0.25, 0.3) is 11.6 Å². The molecule has 28 heavy (non-hydrogen) atoms. The van der Waals surface area contributed by atoms with Gasteiger partial charge in [-0.3, -0.25) is 4.79 Å². The lowest BCUT2D eigenvalue weighted by molar-refractivity contribution is 0.0952. The molecule has 0 bridgehead atoms. The van der Waals surface area contributed by atoms with E-state index in [1.54, 1.807) is 19.1 Å². The van der Waals surface area contributed by atoms with Crippen molar-refractivity contribution in [2.75, 3.05) is 13.2 Å². The molecule has 3 heterocycles. The fourth-order valence-electron chi connectivity index (χ4n) is 3.13. The second-order valence-electron chi connectivity index (χ2n) is 6.98. The Morgan fingerprint density at radius 1 is 1.25 bits per heavy atom. The van der Waals surface area contributed by atoms with Gasteiger partial charge in [-0.1, -0.05) is 30.6 Å². The molecule has 1 aliphatic heterocycles. The zero-order valence-corrected chi connectivity index (χ0v) is 16.6. The van der Waals surface area contributed by atoms with E-state index in [2.05, 4.69) is 15.5 Å². The Morgan fingerprint density at radius 3 is 2.82 bits per heavy atom. The zero-order valence-electron chi connectivity index (χ0n) is 15.8. The highest BCUT2D eigenvalue weighted by Gasteiger charge is 2.21. The zero-order chi connectivity index (χ0) is 19.8. The van der Waals surface area contributed by atoms with Crippen molar-refractivity contribution in [3.8, 4) is 11.5 Å². The molecule has 0 saturated carbocycles. The van der Waals surface area contributed by atoms with E-state index in [1.807, 2.05) is 19.9 Å². The molecule has 1 aliphatic rings. The van der Waals surface area contributed by atoms with Gasteiger partial charge in [0.1, 0.15) is 13.2 Å². The highest BCUT2D eigenvalue weighted by atomic mass is 35.5. The molecule has 1 amide bonds. The highest BCUT2D eigenvalue weighted by molar-refractivity contribution is 6.32. The van der Waals surface area contributed by atoms with Gasteiger partial charge >= 0.3 is 0 Å². The van der Waals surface area contributed by atoms with Crippen LogP contribution in [0, 0.1) is 6.92 Å². The minimum atomic E-state index is -0.230. The van der Waals surface area contributed by atoms with Crippen molar-refractivity contribution < 1.29 is 18.8 Å². The second kappa shape index (κ2) is 7.31. The molecule has 146 valence electrons. The minimum absolute atomic E-state index is 0.151. The van der Waals surface area contributed by atoms with Gasteiger partial charge in [-0.2, -0.15) is 0 Å². The maximum atomic E-state index is 12.9. The van der Waals surface area contributed by atoms with E-state index in [9.17, 15) is 4.79 Å². The molecule has 0 aliphatic carbocycles. The molecule has 1 N–H and O–H groups in total. The van der Waals surface area contributed by atoms with Crippen LogP contribution in [0.15, 0.2) is 22.7 Å². The van der Waals surface area contributed by atoms with Gasteiger partial charge in [-0.25, -0.2) is 4.98 Å². The van der Waals surface area contributed by atoms with Gasteiger partial charge in [-0.05, 0) is 36.6 Å². The van der Waals surface area contributed by atoms with Gasteiger partial charge < -0.3 is 19.3 Å². The third-order valence-corrected chi connectivity index (χ3v) is 4.86. The second-order valence-corrected chi connectivity index (χ2v) is 7.39.